The van der Waals surface area contributed by atoms with Crippen molar-refractivity contribution in [3.63, 3.8) is 0 Å². The third kappa shape index (κ3) is 5.81. The van der Waals surface area contributed by atoms with Gasteiger partial charge in [-0.1, -0.05) is 12.1 Å². The van der Waals surface area contributed by atoms with E-state index in [9.17, 15) is 14.9 Å². The minimum absolute atomic E-state index is 0.0101. The molecule has 0 aliphatic carbocycles. The lowest BCUT2D eigenvalue weighted by Gasteiger charge is -2.12. The van der Waals surface area contributed by atoms with Crippen LogP contribution in [0.5, 0.6) is 11.5 Å². The summed E-state index contributed by atoms with van der Waals surface area (Å²) in [5, 5.41) is 18.1. The number of rotatable bonds is 10. The molecule has 0 atom stereocenters. The molecule has 1 amide bonds. The third-order valence-electron chi connectivity index (χ3n) is 4.36. The molecule has 0 saturated carbocycles. The van der Waals surface area contributed by atoms with Crippen LogP contribution < -0.4 is 14.8 Å². The van der Waals surface area contributed by atoms with Crippen LogP contribution in [-0.4, -0.2) is 33.8 Å². The van der Waals surface area contributed by atoms with E-state index in [0.717, 1.165) is 0 Å². The van der Waals surface area contributed by atoms with E-state index < -0.39 is 4.92 Å². The quantitative estimate of drug-likeness (QED) is 0.295. The Kier molecular flexibility index (Phi) is 7.21. The molecule has 1 aromatic heterocycles. The maximum Gasteiger partial charge on any atom is 0.269 e. The summed E-state index contributed by atoms with van der Waals surface area (Å²) in [6.45, 7) is 4.63. The first-order chi connectivity index (χ1) is 15.0. The molecular formula is C22H24N4O5. The van der Waals surface area contributed by atoms with Gasteiger partial charge in [-0.2, -0.15) is 5.10 Å². The minimum atomic E-state index is -0.463. The van der Waals surface area contributed by atoms with Gasteiger partial charge in [0.15, 0.2) is 11.5 Å². The number of carbonyl (C=O) groups excluding carboxylic acids is 1. The first kappa shape index (κ1) is 21.8. The second-order valence-electron chi connectivity index (χ2n) is 6.74. The first-order valence-corrected chi connectivity index (χ1v) is 9.94. The number of nitro groups is 1. The fraction of sp³-hybridized carbons (Fsp3) is 0.273. The van der Waals surface area contributed by atoms with E-state index in [2.05, 4.69) is 10.4 Å². The smallest absolute Gasteiger partial charge is 0.269 e. The summed E-state index contributed by atoms with van der Waals surface area (Å²) in [5.74, 6) is 1.65. The maximum absolute atomic E-state index is 12.4. The van der Waals surface area contributed by atoms with Crippen molar-refractivity contribution >= 4 is 17.4 Å². The first-order valence-electron chi connectivity index (χ1n) is 9.94. The van der Waals surface area contributed by atoms with Gasteiger partial charge < -0.3 is 14.8 Å². The van der Waals surface area contributed by atoms with Crippen LogP contribution in [0.4, 0.5) is 11.5 Å². The van der Waals surface area contributed by atoms with Crippen LogP contribution >= 0.6 is 0 Å². The number of carbonyl (C=O) groups is 1. The van der Waals surface area contributed by atoms with Crippen molar-refractivity contribution in [2.75, 3.05) is 18.5 Å². The molecule has 31 heavy (non-hydrogen) atoms. The van der Waals surface area contributed by atoms with Crippen molar-refractivity contribution in [1.29, 1.82) is 0 Å². The van der Waals surface area contributed by atoms with Crippen LogP contribution in [0, 0.1) is 17.0 Å². The summed E-state index contributed by atoms with van der Waals surface area (Å²) in [6, 6.07) is 15.1. The number of ether oxygens (including phenoxy) is 2. The van der Waals surface area contributed by atoms with Crippen LogP contribution in [-0.2, 0) is 4.79 Å². The van der Waals surface area contributed by atoms with Gasteiger partial charge in [-0.15, -0.1) is 0 Å². The predicted molar refractivity (Wildman–Crippen MR) is 116 cm³/mol. The largest absolute Gasteiger partial charge is 0.490 e. The van der Waals surface area contributed by atoms with Gasteiger partial charge in [0.25, 0.3) is 5.69 Å². The van der Waals surface area contributed by atoms with Crippen molar-refractivity contribution in [1.82, 2.24) is 9.78 Å². The maximum atomic E-state index is 12.4. The van der Waals surface area contributed by atoms with Crippen molar-refractivity contribution in [2.45, 2.75) is 26.7 Å². The van der Waals surface area contributed by atoms with Crippen molar-refractivity contribution < 1.29 is 19.2 Å². The molecule has 0 unspecified atom stereocenters. The summed E-state index contributed by atoms with van der Waals surface area (Å²) in [7, 11) is 0. The standard InChI is InChI=1S/C22H24N4O5/c1-3-30-19-7-4-5-8-20(19)31-14-6-9-22(27)23-21-15-16(2)24-25(21)17-10-12-18(13-11-17)26(28)29/h4-5,7-8,10-13,15H,3,6,9,14H2,1-2H3,(H,23,27). The number of para-hydroxylation sites is 2. The second kappa shape index (κ2) is 10.2. The molecule has 3 aromatic rings. The molecule has 0 radical (unpaired) electrons. The number of aromatic nitrogens is 2. The summed E-state index contributed by atoms with van der Waals surface area (Å²) in [4.78, 5) is 22.8. The topological polar surface area (TPSA) is 109 Å². The Hall–Kier alpha value is -3.88. The Morgan fingerprint density at radius 2 is 1.81 bits per heavy atom. The zero-order chi connectivity index (χ0) is 22.2. The molecule has 3 rings (SSSR count). The monoisotopic (exact) mass is 424 g/mol. The van der Waals surface area contributed by atoms with E-state index in [1.165, 1.54) is 12.1 Å². The fourth-order valence-electron chi connectivity index (χ4n) is 2.97. The second-order valence-corrected chi connectivity index (χ2v) is 6.74. The number of aryl methyl sites for hydroxylation is 1. The Balaban J connectivity index is 1.56. The van der Waals surface area contributed by atoms with Crippen LogP contribution in [0.15, 0.2) is 54.6 Å². The number of hydrogen-bond acceptors (Lipinski definition) is 6. The van der Waals surface area contributed by atoms with E-state index in [4.69, 9.17) is 9.47 Å². The van der Waals surface area contributed by atoms with E-state index in [1.54, 1.807) is 29.8 Å². The molecule has 162 valence electrons. The highest BCUT2D eigenvalue weighted by Gasteiger charge is 2.13. The van der Waals surface area contributed by atoms with Crippen molar-refractivity contribution in [3.8, 4) is 17.2 Å². The molecule has 2 aromatic carbocycles. The van der Waals surface area contributed by atoms with E-state index in [1.807, 2.05) is 31.2 Å². The lowest BCUT2D eigenvalue weighted by atomic mass is 10.3. The number of nitrogens with zero attached hydrogens (tertiary/aromatic N) is 3. The van der Waals surface area contributed by atoms with Crippen LogP contribution in [0.3, 0.4) is 0 Å². The molecular weight excluding hydrogens is 400 g/mol. The number of benzene rings is 2. The summed E-state index contributed by atoms with van der Waals surface area (Å²) in [6.07, 6.45) is 0.790. The number of hydrogen-bond donors (Lipinski definition) is 1. The molecule has 0 bridgehead atoms. The Morgan fingerprint density at radius 3 is 2.45 bits per heavy atom. The highest BCUT2D eigenvalue weighted by atomic mass is 16.6. The van der Waals surface area contributed by atoms with Gasteiger partial charge in [-0.05, 0) is 44.5 Å². The molecule has 9 nitrogen and oxygen atoms in total. The Bertz CT molecular complexity index is 1050. The third-order valence-corrected chi connectivity index (χ3v) is 4.36. The van der Waals surface area contributed by atoms with Gasteiger partial charge in [0.1, 0.15) is 5.82 Å². The SMILES string of the molecule is CCOc1ccccc1OCCCC(=O)Nc1cc(C)nn1-c1ccc([N+](=O)[O-])cc1. The van der Waals surface area contributed by atoms with E-state index >= 15 is 0 Å². The molecule has 9 heteroatoms. The van der Waals surface area contributed by atoms with Crippen molar-refractivity contribution in [3.05, 3.63) is 70.4 Å². The molecule has 1 heterocycles. The number of non-ortho nitro benzene ring substituents is 1. The lowest BCUT2D eigenvalue weighted by molar-refractivity contribution is -0.384. The van der Waals surface area contributed by atoms with Gasteiger partial charge in [0, 0.05) is 24.6 Å². The Morgan fingerprint density at radius 1 is 1.13 bits per heavy atom. The molecule has 0 fully saturated rings. The highest BCUT2D eigenvalue weighted by molar-refractivity contribution is 5.90. The lowest BCUT2D eigenvalue weighted by Crippen LogP contribution is -2.15. The van der Waals surface area contributed by atoms with Gasteiger partial charge >= 0.3 is 0 Å². The van der Waals surface area contributed by atoms with Crippen LogP contribution in [0.2, 0.25) is 0 Å². The number of nitro benzene ring substituents is 1. The average molecular weight is 424 g/mol. The molecule has 0 aliphatic rings. The zero-order valence-electron chi connectivity index (χ0n) is 17.4. The Labute approximate surface area is 179 Å². The van der Waals surface area contributed by atoms with Crippen LogP contribution in [0.25, 0.3) is 5.69 Å². The average Bonchev–Trinajstić information content (AvgIpc) is 3.12. The van der Waals surface area contributed by atoms with Gasteiger partial charge in [-0.25, -0.2) is 4.68 Å². The summed E-state index contributed by atoms with van der Waals surface area (Å²) in [5.41, 5.74) is 1.32. The molecule has 1 N–H and O–H groups in total. The van der Waals surface area contributed by atoms with Gasteiger partial charge in [0.05, 0.1) is 29.5 Å². The normalized spacial score (nSPS) is 10.5. The van der Waals surface area contributed by atoms with Crippen molar-refractivity contribution in [2.24, 2.45) is 0 Å². The minimum Gasteiger partial charge on any atom is -0.490 e. The number of nitrogens with one attached hydrogen (secondary N) is 1. The number of anilines is 1. The predicted octanol–water partition coefficient (Wildman–Crippen LogP) is 4.29. The van der Waals surface area contributed by atoms with E-state index in [0.29, 0.717) is 48.3 Å². The van der Waals surface area contributed by atoms with Gasteiger partial charge in [0.2, 0.25) is 5.91 Å². The van der Waals surface area contributed by atoms with E-state index in [-0.39, 0.29) is 18.0 Å². The summed E-state index contributed by atoms with van der Waals surface area (Å²) >= 11 is 0. The van der Waals surface area contributed by atoms with Crippen LogP contribution in [0.1, 0.15) is 25.5 Å². The highest BCUT2D eigenvalue weighted by Crippen LogP contribution is 2.26. The number of amides is 1. The zero-order valence-corrected chi connectivity index (χ0v) is 17.4. The fourth-order valence-corrected chi connectivity index (χ4v) is 2.97. The summed E-state index contributed by atoms with van der Waals surface area (Å²) < 4.78 is 12.8. The molecule has 0 saturated heterocycles. The molecule has 0 aliphatic heterocycles. The van der Waals surface area contributed by atoms with Gasteiger partial charge in [-0.3, -0.25) is 14.9 Å². The molecule has 0 spiro atoms.